The summed E-state index contributed by atoms with van der Waals surface area (Å²) in [6.45, 7) is 0. The van der Waals surface area contributed by atoms with Crippen LogP contribution in [0.2, 0.25) is 0 Å². The first-order valence-electron chi connectivity index (χ1n) is 8.56. The first kappa shape index (κ1) is 19.6. The topological polar surface area (TPSA) is 49.0 Å². The highest BCUT2D eigenvalue weighted by Crippen LogP contribution is 2.22. The quantitative estimate of drug-likeness (QED) is 0.498. The molecule has 0 bridgehead atoms. The van der Waals surface area contributed by atoms with E-state index in [1.54, 1.807) is 23.5 Å². The van der Waals surface area contributed by atoms with Crippen molar-refractivity contribution in [3.63, 3.8) is 0 Å². The molecule has 6 heteroatoms. The van der Waals surface area contributed by atoms with Crippen LogP contribution in [0.15, 0.2) is 84.9 Å². The van der Waals surface area contributed by atoms with Crippen molar-refractivity contribution < 1.29 is 22.2 Å². The number of phenolic OH excluding ortho intramolecular Hbond substituents is 1. The van der Waals surface area contributed by atoms with Crippen LogP contribution in [0.25, 0.3) is 17.8 Å². The molecule has 0 aliphatic heterocycles. The SMILES string of the molecule is Oc1ccc(/C=C/c2sc(Nc3ccccc3)n[n+]2-c2ccccc2)cc1.[Cl-]. The van der Waals surface area contributed by atoms with Gasteiger partial charge in [-0.1, -0.05) is 48.5 Å². The van der Waals surface area contributed by atoms with E-state index in [0.29, 0.717) is 0 Å². The van der Waals surface area contributed by atoms with Gasteiger partial charge in [0.15, 0.2) is 0 Å². The Balaban J connectivity index is 0.00000225. The lowest BCUT2D eigenvalue weighted by molar-refractivity contribution is -0.654. The zero-order valence-corrected chi connectivity index (χ0v) is 16.4. The second-order valence-corrected chi connectivity index (χ2v) is 6.92. The summed E-state index contributed by atoms with van der Waals surface area (Å²) in [4.78, 5) is 0. The predicted octanol–water partition coefficient (Wildman–Crippen LogP) is 2.04. The van der Waals surface area contributed by atoms with Crippen LogP contribution < -0.4 is 22.4 Å². The lowest BCUT2D eigenvalue weighted by Crippen LogP contribution is -3.00. The standard InChI is InChI=1S/C22H17N3OS.ClH/c26-20-14-11-17(12-15-20)13-16-21-25(19-9-5-2-6-10-19)24-22(27-21)23-18-7-3-1-4-8-18;/h1-16H,(H,23,24);1H. The molecule has 0 saturated heterocycles. The molecule has 0 atom stereocenters. The number of rotatable bonds is 5. The van der Waals surface area contributed by atoms with E-state index in [1.807, 2.05) is 89.6 Å². The number of nitrogens with one attached hydrogen (secondary N) is 1. The molecule has 0 aliphatic rings. The molecule has 140 valence electrons. The molecule has 3 aromatic carbocycles. The van der Waals surface area contributed by atoms with Crippen molar-refractivity contribution in [1.82, 2.24) is 5.10 Å². The van der Waals surface area contributed by atoms with Crippen LogP contribution in [0.5, 0.6) is 5.75 Å². The molecule has 0 amide bonds. The number of nitrogens with zero attached hydrogens (tertiary/aromatic N) is 2. The highest BCUT2D eigenvalue weighted by atomic mass is 35.5. The van der Waals surface area contributed by atoms with Crippen LogP contribution >= 0.6 is 11.3 Å². The molecular formula is C22H18ClN3OS. The monoisotopic (exact) mass is 407 g/mol. The van der Waals surface area contributed by atoms with E-state index in [4.69, 9.17) is 5.10 Å². The molecule has 0 fully saturated rings. The minimum atomic E-state index is 0. The Morgan fingerprint density at radius 1 is 0.821 bits per heavy atom. The van der Waals surface area contributed by atoms with E-state index in [-0.39, 0.29) is 18.2 Å². The van der Waals surface area contributed by atoms with E-state index >= 15 is 0 Å². The summed E-state index contributed by atoms with van der Waals surface area (Å²) < 4.78 is 1.92. The van der Waals surface area contributed by atoms with Crippen molar-refractivity contribution >= 4 is 34.3 Å². The molecule has 0 aliphatic carbocycles. The number of aromatic hydroxyl groups is 1. The number of anilines is 2. The summed E-state index contributed by atoms with van der Waals surface area (Å²) >= 11 is 1.58. The predicted molar refractivity (Wildman–Crippen MR) is 110 cm³/mol. The van der Waals surface area contributed by atoms with Crippen molar-refractivity contribution in [2.24, 2.45) is 0 Å². The third-order valence-electron chi connectivity index (χ3n) is 3.94. The number of para-hydroxylation sites is 2. The maximum Gasteiger partial charge on any atom is 0.297 e. The van der Waals surface area contributed by atoms with E-state index < -0.39 is 0 Å². The number of halogens is 1. The first-order chi connectivity index (χ1) is 13.3. The third-order valence-corrected chi connectivity index (χ3v) is 4.83. The van der Waals surface area contributed by atoms with E-state index in [0.717, 1.165) is 27.1 Å². The summed E-state index contributed by atoms with van der Waals surface area (Å²) in [6, 6.07) is 27.2. The van der Waals surface area contributed by atoms with Crippen LogP contribution in [-0.4, -0.2) is 10.2 Å². The lowest BCUT2D eigenvalue weighted by atomic mass is 10.2. The highest BCUT2D eigenvalue weighted by molar-refractivity contribution is 7.15. The minimum absolute atomic E-state index is 0. The third kappa shape index (κ3) is 4.76. The maximum atomic E-state index is 9.43. The summed E-state index contributed by atoms with van der Waals surface area (Å²) in [7, 11) is 0. The molecule has 0 unspecified atom stereocenters. The van der Waals surface area contributed by atoms with Crippen molar-refractivity contribution in [2.45, 2.75) is 0 Å². The van der Waals surface area contributed by atoms with Crippen LogP contribution in [0.1, 0.15) is 10.6 Å². The molecular weight excluding hydrogens is 390 g/mol. The van der Waals surface area contributed by atoms with Gasteiger partial charge in [-0.05, 0) is 51.9 Å². The van der Waals surface area contributed by atoms with Gasteiger partial charge in [-0.2, -0.15) is 0 Å². The summed E-state index contributed by atoms with van der Waals surface area (Å²) in [5, 5.41) is 19.3. The van der Waals surface area contributed by atoms with E-state index in [1.165, 1.54) is 0 Å². The van der Waals surface area contributed by atoms with Gasteiger partial charge >= 0.3 is 0 Å². The Labute approximate surface area is 173 Å². The molecule has 0 spiro atoms. The molecule has 4 aromatic rings. The number of phenols is 1. The molecule has 4 rings (SSSR count). The molecule has 0 saturated carbocycles. The molecule has 0 radical (unpaired) electrons. The number of benzene rings is 3. The zero-order valence-electron chi connectivity index (χ0n) is 14.9. The van der Waals surface area contributed by atoms with Crippen LogP contribution in [0, 0.1) is 0 Å². The van der Waals surface area contributed by atoms with Gasteiger partial charge in [0.05, 0.1) is 0 Å². The molecule has 28 heavy (non-hydrogen) atoms. The average Bonchev–Trinajstić information content (AvgIpc) is 3.12. The highest BCUT2D eigenvalue weighted by Gasteiger charge is 2.20. The van der Waals surface area contributed by atoms with Gasteiger partial charge in [-0.3, -0.25) is 0 Å². The number of aromatic nitrogens is 2. The first-order valence-corrected chi connectivity index (χ1v) is 9.37. The molecule has 4 nitrogen and oxygen atoms in total. The van der Waals surface area contributed by atoms with Gasteiger partial charge in [0.25, 0.3) is 10.1 Å². The normalized spacial score (nSPS) is 10.6. The van der Waals surface area contributed by atoms with Crippen LogP contribution in [0.3, 0.4) is 0 Å². The fourth-order valence-electron chi connectivity index (χ4n) is 2.61. The molecule has 1 heterocycles. The second-order valence-electron chi connectivity index (χ2n) is 5.91. The fourth-order valence-corrected chi connectivity index (χ4v) is 3.47. The van der Waals surface area contributed by atoms with Gasteiger partial charge < -0.3 is 22.8 Å². The van der Waals surface area contributed by atoms with Gasteiger partial charge in [0.1, 0.15) is 5.75 Å². The largest absolute Gasteiger partial charge is 1.00 e. The lowest BCUT2D eigenvalue weighted by Gasteiger charge is -1.97. The van der Waals surface area contributed by atoms with Crippen molar-refractivity contribution in [3.05, 3.63) is 95.5 Å². The van der Waals surface area contributed by atoms with Gasteiger partial charge in [0.2, 0.25) is 5.69 Å². The Morgan fingerprint density at radius 3 is 2.14 bits per heavy atom. The minimum Gasteiger partial charge on any atom is -1.00 e. The smallest absolute Gasteiger partial charge is 0.297 e. The summed E-state index contributed by atoms with van der Waals surface area (Å²) in [6.07, 6.45) is 4.05. The van der Waals surface area contributed by atoms with Crippen LogP contribution in [0.4, 0.5) is 10.8 Å². The zero-order chi connectivity index (χ0) is 18.5. The van der Waals surface area contributed by atoms with Gasteiger partial charge in [0, 0.05) is 29.0 Å². The number of hydrogen-bond donors (Lipinski definition) is 2. The van der Waals surface area contributed by atoms with Crippen molar-refractivity contribution in [3.8, 4) is 11.4 Å². The Hall–Kier alpha value is -3.15. The molecule has 1 aromatic heterocycles. The van der Waals surface area contributed by atoms with Crippen LogP contribution in [-0.2, 0) is 0 Å². The van der Waals surface area contributed by atoms with Crippen molar-refractivity contribution in [2.75, 3.05) is 5.32 Å². The second kappa shape index (κ2) is 9.17. The Kier molecular flexibility index (Phi) is 6.42. The van der Waals surface area contributed by atoms with Gasteiger partial charge in [-0.15, -0.1) is 0 Å². The van der Waals surface area contributed by atoms with E-state index in [9.17, 15) is 5.11 Å². The molecule has 2 N–H and O–H groups in total. The Bertz CT molecular complexity index is 1050. The fraction of sp³-hybridized carbons (Fsp3) is 0. The summed E-state index contributed by atoms with van der Waals surface area (Å²) in [5.41, 5.74) is 3.01. The number of hydrogen-bond acceptors (Lipinski definition) is 4. The average molecular weight is 408 g/mol. The Morgan fingerprint density at radius 2 is 1.46 bits per heavy atom. The maximum absolute atomic E-state index is 9.43. The van der Waals surface area contributed by atoms with E-state index in [2.05, 4.69) is 5.32 Å². The van der Waals surface area contributed by atoms with Crippen molar-refractivity contribution in [1.29, 1.82) is 0 Å². The summed E-state index contributed by atoms with van der Waals surface area (Å²) in [5.74, 6) is 0.263. The van der Waals surface area contributed by atoms with Gasteiger partial charge in [-0.25, -0.2) is 0 Å².